The molecule has 0 saturated heterocycles. The fourth-order valence-corrected chi connectivity index (χ4v) is 3.08. The first-order chi connectivity index (χ1) is 10.7. The molecule has 120 valence electrons. The molecule has 2 fully saturated rings. The van der Waals surface area contributed by atoms with Gasteiger partial charge in [-0.15, -0.1) is 0 Å². The zero-order valence-electron chi connectivity index (χ0n) is 12.9. The van der Waals surface area contributed by atoms with Crippen molar-refractivity contribution in [3.05, 3.63) is 17.8 Å². The number of oxazole rings is 1. The normalized spacial score (nSPS) is 19.0. The summed E-state index contributed by atoms with van der Waals surface area (Å²) in [6.07, 6.45) is 8.86. The van der Waals surface area contributed by atoms with E-state index in [0.29, 0.717) is 18.5 Å². The maximum absolute atomic E-state index is 12.7. The molecule has 6 heteroatoms. The Morgan fingerprint density at radius 1 is 1.27 bits per heavy atom. The average Bonchev–Trinajstić information content (AvgIpc) is 3.30. The van der Waals surface area contributed by atoms with Gasteiger partial charge in [-0.1, -0.05) is 19.3 Å². The molecule has 0 aromatic carbocycles. The molecule has 2 aliphatic rings. The van der Waals surface area contributed by atoms with Crippen LogP contribution in [0.1, 0.15) is 61.3 Å². The Morgan fingerprint density at radius 2 is 2.00 bits per heavy atom. The number of esters is 1. The summed E-state index contributed by atoms with van der Waals surface area (Å²) in [6.45, 7) is 0.344. The summed E-state index contributed by atoms with van der Waals surface area (Å²) in [5.41, 5.74) is 0.151. The smallest absolute Gasteiger partial charge is 0.360 e. The molecule has 0 N–H and O–H groups in total. The van der Waals surface area contributed by atoms with Crippen LogP contribution in [-0.4, -0.2) is 34.9 Å². The van der Waals surface area contributed by atoms with Crippen molar-refractivity contribution in [2.75, 3.05) is 7.11 Å². The predicted octanol–water partition coefficient (Wildman–Crippen LogP) is 2.53. The number of hydrogen-bond donors (Lipinski definition) is 0. The van der Waals surface area contributed by atoms with Crippen molar-refractivity contribution in [3.63, 3.8) is 0 Å². The Hall–Kier alpha value is -1.85. The number of carbonyl (C=O) groups excluding carboxylic acids is 2. The summed E-state index contributed by atoms with van der Waals surface area (Å²) in [7, 11) is 1.31. The molecule has 0 radical (unpaired) electrons. The molecule has 0 bridgehead atoms. The first kappa shape index (κ1) is 15.1. The van der Waals surface area contributed by atoms with Crippen molar-refractivity contribution >= 4 is 11.9 Å². The summed E-state index contributed by atoms with van der Waals surface area (Å²) in [5.74, 6) is 0.243. The molecule has 2 aliphatic carbocycles. The van der Waals surface area contributed by atoms with Gasteiger partial charge in [0.05, 0.1) is 13.7 Å². The summed E-state index contributed by atoms with van der Waals surface area (Å²) in [4.78, 5) is 30.2. The third kappa shape index (κ3) is 3.31. The minimum absolute atomic E-state index is 0.143. The molecule has 1 amide bonds. The van der Waals surface area contributed by atoms with Gasteiger partial charge in [-0.3, -0.25) is 4.79 Å². The number of nitrogens with zero attached hydrogens (tertiary/aromatic N) is 2. The lowest BCUT2D eigenvalue weighted by Crippen LogP contribution is -2.38. The van der Waals surface area contributed by atoms with Gasteiger partial charge >= 0.3 is 5.97 Å². The summed E-state index contributed by atoms with van der Waals surface area (Å²) >= 11 is 0. The molecule has 0 spiro atoms. The molecule has 2 saturated carbocycles. The van der Waals surface area contributed by atoms with Crippen LogP contribution in [0.15, 0.2) is 10.7 Å². The number of rotatable bonds is 5. The molecular formula is C16H22N2O4. The van der Waals surface area contributed by atoms with Crippen LogP contribution in [0, 0.1) is 5.92 Å². The van der Waals surface area contributed by atoms with Gasteiger partial charge in [-0.25, -0.2) is 9.78 Å². The molecule has 0 atom stereocenters. The zero-order valence-corrected chi connectivity index (χ0v) is 12.9. The van der Waals surface area contributed by atoms with E-state index in [0.717, 1.165) is 38.5 Å². The second-order valence-electron chi connectivity index (χ2n) is 6.15. The number of amides is 1. The van der Waals surface area contributed by atoms with Gasteiger partial charge in [0.25, 0.3) is 0 Å². The number of ether oxygens (including phenoxy) is 1. The lowest BCUT2D eigenvalue weighted by atomic mass is 9.88. The maximum atomic E-state index is 12.7. The number of methoxy groups -OCH3 is 1. The lowest BCUT2D eigenvalue weighted by Gasteiger charge is -2.28. The van der Waals surface area contributed by atoms with E-state index in [1.807, 2.05) is 4.90 Å². The maximum Gasteiger partial charge on any atom is 0.360 e. The highest BCUT2D eigenvalue weighted by Gasteiger charge is 2.37. The van der Waals surface area contributed by atoms with Crippen molar-refractivity contribution in [2.24, 2.45) is 5.92 Å². The van der Waals surface area contributed by atoms with Crippen LogP contribution in [0.3, 0.4) is 0 Å². The molecule has 0 aliphatic heterocycles. The second kappa shape index (κ2) is 6.50. The minimum Gasteiger partial charge on any atom is -0.464 e. The molecule has 22 heavy (non-hydrogen) atoms. The van der Waals surface area contributed by atoms with E-state index in [9.17, 15) is 9.59 Å². The first-order valence-corrected chi connectivity index (χ1v) is 8.02. The zero-order chi connectivity index (χ0) is 15.5. The van der Waals surface area contributed by atoms with Crippen molar-refractivity contribution in [1.82, 2.24) is 9.88 Å². The van der Waals surface area contributed by atoms with E-state index in [1.165, 1.54) is 19.8 Å². The van der Waals surface area contributed by atoms with Gasteiger partial charge in [0.15, 0.2) is 5.69 Å². The van der Waals surface area contributed by atoms with Crippen LogP contribution in [-0.2, 0) is 16.1 Å². The average molecular weight is 306 g/mol. The Bertz CT molecular complexity index is 544. The van der Waals surface area contributed by atoms with Gasteiger partial charge in [-0.2, -0.15) is 0 Å². The molecule has 1 aromatic rings. The summed E-state index contributed by atoms with van der Waals surface area (Å²) in [6, 6.07) is 0.308. The largest absolute Gasteiger partial charge is 0.464 e. The molecule has 1 aromatic heterocycles. The van der Waals surface area contributed by atoms with E-state index in [2.05, 4.69) is 9.72 Å². The van der Waals surface area contributed by atoms with Crippen LogP contribution in [0.5, 0.6) is 0 Å². The Labute approximate surface area is 129 Å². The SMILES string of the molecule is COC(=O)c1coc(CN(C(=O)C2CCCCC2)C2CC2)n1. The van der Waals surface area contributed by atoms with Crippen molar-refractivity contribution in [2.45, 2.75) is 57.5 Å². The van der Waals surface area contributed by atoms with Gasteiger partial charge in [0.1, 0.15) is 6.26 Å². The highest BCUT2D eigenvalue weighted by atomic mass is 16.5. The van der Waals surface area contributed by atoms with Crippen molar-refractivity contribution in [3.8, 4) is 0 Å². The molecule has 1 heterocycles. The monoisotopic (exact) mass is 306 g/mol. The highest BCUT2D eigenvalue weighted by molar-refractivity contribution is 5.86. The highest BCUT2D eigenvalue weighted by Crippen LogP contribution is 2.33. The fourth-order valence-electron chi connectivity index (χ4n) is 3.08. The van der Waals surface area contributed by atoms with E-state index in [4.69, 9.17) is 4.42 Å². The fraction of sp³-hybridized carbons (Fsp3) is 0.688. The van der Waals surface area contributed by atoms with Gasteiger partial charge < -0.3 is 14.1 Å². The molecular weight excluding hydrogens is 284 g/mol. The summed E-state index contributed by atoms with van der Waals surface area (Å²) < 4.78 is 9.94. The van der Waals surface area contributed by atoms with E-state index in [1.54, 1.807) is 0 Å². The molecule has 3 rings (SSSR count). The second-order valence-corrected chi connectivity index (χ2v) is 6.15. The standard InChI is InChI=1S/C16H22N2O4/c1-21-16(20)13-10-22-14(17-13)9-18(12-7-8-12)15(19)11-5-3-2-4-6-11/h10-12H,2-9H2,1H3. The quantitative estimate of drug-likeness (QED) is 0.782. The minimum atomic E-state index is -0.522. The van der Waals surface area contributed by atoms with Gasteiger partial charge in [0, 0.05) is 12.0 Å². The van der Waals surface area contributed by atoms with Crippen LogP contribution in [0.4, 0.5) is 0 Å². The Morgan fingerprint density at radius 3 is 2.64 bits per heavy atom. The first-order valence-electron chi connectivity index (χ1n) is 8.02. The van der Waals surface area contributed by atoms with E-state index in [-0.39, 0.29) is 17.5 Å². The number of hydrogen-bond acceptors (Lipinski definition) is 5. The number of aromatic nitrogens is 1. The van der Waals surface area contributed by atoms with Crippen LogP contribution in [0.2, 0.25) is 0 Å². The topological polar surface area (TPSA) is 72.6 Å². The predicted molar refractivity (Wildman–Crippen MR) is 78.0 cm³/mol. The van der Waals surface area contributed by atoms with Crippen LogP contribution >= 0.6 is 0 Å². The van der Waals surface area contributed by atoms with Crippen LogP contribution in [0.25, 0.3) is 0 Å². The molecule has 6 nitrogen and oxygen atoms in total. The van der Waals surface area contributed by atoms with Crippen molar-refractivity contribution in [1.29, 1.82) is 0 Å². The van der Waals surface area contributed by atoms with Gasteiger partial charge in [0.2, 0.25) is 11.8 Å². The lowest BCUT2D eigenvalue weighted by molar-refractivity contribution is -0.138. The third-order valence-electron chi connectivity index (χ3n) is 4.48. The van der Waals surface area contributed by atoms with E-state index < -0.39 is 5.97 Å². The van der Waals surface area contributed by atoms with Crippen LogP contribution < -0.4 is 0 Å². The van der Waals surface area contributed by atoms with Gasteiger partial charge in [-0.05, 0) is 25.7 Å². The Balaban J connectivity index is 1.67. The third-order valence-corrected chi connectivity index (χ3v) is 4.48. The van der Waals surface area contributed by atoms with Crippen molar-refractivity contribution < 1.29 is 18.7 Å². The molecule has 0 unspecified atom stereocenters. The Kier molecular flexibility index (Phi) is 4.45. The number of carbonyl (C=O) groups is 2. The summed E-state index contributed by atoms with van der Waals surface area (Å²) in [5, 5.41) is 0. The van der Waals surface area contributed by atoms with E-state index >= 15 is 0 Å².